The van der Waals surface area contributed by atoms with Crippen LogP contribution in [0.25, 0.3) is 0 Å². The molecule has 0 spiro atoms. The second-order valence-electron chi connectivity index (χ2n) is 5.96. The Labute approximate surface area is 171 Å². The molecule has 0 heterocycles. The van der Waals surface area contributed by atoms with Gasteiger partial charge in [-0.15, -0.1) is 5.26 Å². The first kappa shape index (κ1) is 20.6. The molecule has 0 unspecified atom stereocenters. The number of carbonyl (C=O) groups is 2. The fourth-order valence-electron chi connectivity index (χ4n) is 2.41. The number of nitriles is 1. The molecule has 8 nitrogen and oxygen atoms in total. The SMILES string of the molecule is N#COc1ccc(C(=O)Oc2ccc(C(=O)Oc3ccc(B(O)O)cc3)cc2)cc1. The lowest BCUT2D eigenvalue weighted by Gasteiger charge is -2.07. The largest absolute Gasteiger partial charge is 0.488 e. The second kappa shape index (κ2) is 9.38. The third kappa shape index (κ3) is 5.23. The third-order valence-electron chi connectivity index (χ3n) is 3.94. The van der Waals surface area contributed by atoms with Crippen molar-refractivity contribution < 1.29 is 33.8 Å². The molecule has 0 aliphatic heterocycles. The monoisotopic (exact) mass is 403 g/mol. The molecule has 0 aliphatic rings. The van der Waals surface area contributed by atoms with Gasteiger partial charge in [0.25, 0.3) is 6.26 Å². The number of hydrogen-bond acceptors (Lipinski definition) is 8. The molecule has 0 saturated heterocycles. The van der Waals surface area contributed by atoms with Crippen LogP contribution in [-0.4, -0.2) is 29.1 Å². The maximum Gasteiger partial charge on any atom is 0.488 e. The number of ether oxygens (including phenoxy) is 3. The highest BCUT2D eigenvalue weighted by atomic mass is 16.5. The van der Waals surface area contributed by atoms with Crippen LogP contribution in [0, 0.1) is 11.5 Å². The normalized spacial score (nSPS) is 9.90. The Morgan fingerprint density at radius 2 is 1.10 bits per heavy atom. The van der Waals surface area contributed by atoms with Crippen molar-refractivity contribution in [2.45, 2.75) is 0 Å². The summed E-state index contributed by atoms with van der Waals surface area (Å²) in [5.74, 6) is -0.462. The zero-order valence-corrected chi connectivity index (χ0v) is 15.4. The first-order chi connectivity index (χ1) is 14.5. The zero-order chi connectivity index (χ0) is 21.5. The van der Waals surface area contributed by atoms with Crippen LogP contribution in [0.5, 0.6) is 17.2 Å². The minimum atomic E-state index is -1.60. The molecule has 0 fully saturated rings. The van der Waals surface area contributed by atoms with Gasteiger partial charge in [0.15, 0.2) is 0 Å². The molecule has 0 amide bonds. The van der Waals surface area contributed by atoms with E-state index in [2.05, 4.69) is 4.74 Å². The lowest BCUT2D eigenvalue weighted by molar-refractivity contribution is 0.0730. The summed E-state index contributed by atoms with van der Waals surface area (Å²) in [7, 11) is -1.60. The van der Waals surface area contributed by atoms with Gasteiger partial charge in [-0.3, -0.25) is 0 Å². The van der Waals surface area contributed by atoms with Gasteiger partial charge in [0.2, 0.25) is 0 Å². The van der Waals surface area contributed by atoms with Crippen molar-refractivity contribution in [3.63, 3.8) is 0 Å². The highest BCUT2D eigenvalue weighted by Crippen LogP contribution is 2.18. The summed E-state index contributed by atoms with van der Waals surface area (Å²) in [5, 5.41) is 26.6. The topological polar surface area (TPSA) is 126 Å². The fraction of sp³-hybridized carbons (Fsp3) is 0. The highest BCUT2D eigenvalue weighted by Gasteiger charge is 2.13. The summed E-state index contributed by atoms with van der Waals surface area (Å²) in [6, 6.07) is 17.4. The van der Waals surface area contributed by atoms with E-state index in [-0.39, 0.29) is 28.1 Å². The number of carbonyl (C=O) groups excluding carboxylic acids is 2. The second-order valence-corrected chi connectivity index (χ2v) is 5.96. The smallest absolute Gasteiger partial charge is 0.423 e. The standard InChI is InChI=1S/C21H14BNO7/c23-13-28-17-7-1-14(2-8-17)20(24)29-18-9-3-15(4-10-18)21(25)30-19-11-5-16(6-12-19)22(26)27/h1-12,26-27H. The Morgan fingerprint density at radius 3 is 1.50 bits per heavy atom. The van der Waals surface area contributed by atoms with E-state index in [0.717, 1.165) is 0 Å². The zero-order valence-electron chi connectivity index (χ0n) is 15.4. The van der Waals surface area contributed by atoms with E-state index in [9.17, 15) is 9.59 Å². The van der Waals surface area contributed by atoms with Gasteiger partial charge in [-0.25, -0.2) is 9.59 Å². The maximum atomic E-state index is 12.2. The van der Waals surface area contributed by atoms with Gasteiger partial charge in [-0.2, -0.15) is 0 Å². The van der Waals surface area contributed by atoms with Crippen molar-refractivity contribution in [3.8, 4) is 23.5 Å². The Morgan fingerprint density at radius 1 is 0.700 bits per heavy atom. The molecule has 30 heavy (non-hydrogen) atoms. The predicted molar refractivity (Wildman–Crippen MR) is 105 cm³/mol. The van der Waals surface area contributed by atoms with Gasteiger partial charge in [0.05, 0.1) is 11.1 Å². The van der Waals surface area contributed by atoms with E-state index >= 15 is 0 Å². The average molecular weight is 403 g/mol. The molecule has 2 N–H and O–H groups in total. The molecule has 3 rings (SSSR count). The minimum Gasteiger partial charge on any atom is -0.423 e. The molecule has 0 saturated carbocycles. The summed E-state index contributed by atoms with van der Waals surface area (Å²) >= 11 is 0. The predicted octanol–water partition coefficient (Wildman–Crippen LogP) is 1.66. The highest BCUT2D eigenvalue weighted by molar-refractivity contribution is 6.58. The van der Waals surface area contributed by atoms with Crippen LogP contribution in [0.4, 0.5) is 0 Å². The molecular weight excluding hydrogens is 389 g/mol. The van der Waals surface area contributed by atoms with Crippen LogP contribution < -0.4 is 19.7 Å². The number of esters is 2. The third-order valence-corrected chi connectivity index (χ3v) is 3.94. The Bertz CT molecular complexity index is 1070. The van der Waals surface area contributed by atoms with Crippen LogP contribution in [0.1, 0.15) is 20.7 Å². The number of hydrogen-bond donors (Lipinski definition) is 2. The van der Waals surface area contributed by atoms with E-state index in [0.29, 0.717) is 5.75 Å². The molecule has 148 valence electrons. The first-order valence-electron chi connectivity index (χ1n) is 8.63. The first-order valence-corrected chi connectivity index (χ1v) is 8.63. The van der Waals surface area contributed by atoms with E-state index in [4.69, 9.17) is 24.8 Å². The van der Waals surface area contributed by atoms with Crippen LogP contribution >= 0.6 is 0 Å². The van der Waals surface area contributed by atoms with Crippen molar-refractivity contribution in [1.29, 1.82) is 5.26 Å². The van der Waals surface area contributed by atoms with E-state index < -0.39 is 19.1 Å². The minimum absolute atomic E-state index is 0.232. The van der Waals surface area contributed by atoms with Crippen LogP contribution in [-0.2, 0) is 0 Å². The van der Waals surface area contributed by atoms with Crippen molar-refractivity contribution in [1.82, 2.24) is 0 Å². The van der Waals surface area contributed by atoms with E-state index in [1.165, 1.54) is 79.1 Å². The van der Waals surface area contributed by atoms with Crippen molar-refractivity contribution in [2.75, 3.05) is 0 Å². The summed E-state index contributed by atoms with van der Waals surface area (Å²) in [5.41, 5.74) is 0.771. The summed E-state index contributed by atoms with van der Waals surface area (Å²) in [6.07, 6.45) is 1.53. The van der Waals surface area contributed by atoms with E-state index in [1.807, 2.05) is 0 Å². The van der Waals surface area contributed by atoms with Crippen LogP contribution in [0.3, 0.4) is 0 Å². The summed E-state index contributed by atoms with van der Waals surface area (Å²) < 4.78 is 15.1. The summed E-state index contributed by atoms with van der Waals surface area (Å²) in [4.78, 5) is 24.4. The Hall–Kier alpha value is -4.13. The quantitative estimate of drug-likeness (QED) is 0.276. The number of nitrogens with zero attached hydrogens (tertiary/aromatic N) is 1. The van der Waals surface area contributed by atoms with Crippen molar-refractivity contribution >= 4 is 24.5 Å². The lowest BCUT2D eigenvalue weighted by atomic mass is 9.80. The molecule has 3 aromatic carbocycles. The van der Waals surface area contributed by atoms with Gasteiger partial charge in [0, 0.05) is 0 Å². The lowest BCUT2D eigenvalue weighted by Crippen LogP contribution is -2.29. The van der Waals surface area contributed by atoms with Crippen LogP contribution in [0.2, 0.25) is 0 Å². The molecule has 0 atom stereocenters. The van der Waals surface area contributed by atoms with Crippen molar-refractivity contribution in [3.05, 3.63) is 83.9 Å². The van der Waals surface area contributed by atoms with Gasteiger partial charge < -0.3 is 24.3 Å². The Balaban J connectivity index is 1.60. The van der Waals surface area contributed by atoms with E-state index in [1.54, 1.807) is 0 Å². The maximum absolute atomic E-state index is 12.2. The number of rotatable bonds is 6. The van der Waals surface area contributed by atoms with Crippen molar-refractivity contribution in [2.24, 2.45) is 0 Å². The molecule has 9 heteroatoms. The van der Waals surface area contributed by atoms with Gasteiger partial charge >= 0.3 is 19.1 Å². The molecule has 0 aliphatic carbocycles. The average Bonchev–Trinajstić information content (AvgIpc) is 2.75. The molecule has 3 aromatic rings. The molecule has 0 radical (unpaired) electrons. The van der Waals surface area contributed by atoms with Gasteiger partial charge in [-0.05, 0) is 66.1 Å². The molecular formula is C21H14BNO7. The molecule has 0 aromatic heterocycles. The molecule has 0 bridgehead atoms. The fourth-order valence-corrected chi connectivity index (χ4v) is 2.41. The summed E-state index contributed by atoms with van der Waals surface area (Å²) in [6.45, 7) is 0. The Kier molecular flexibility index (Phi) is 6.44. The van der Waals surface area contributed by atoms with Crippen LogP contribution in [0.15, 0.2) is 72.8 Å². The number of benzene rings is 3. The van der Waals surface area contributed by atoms with Gasteiger partial charge in [-0.1, -0.05) is 12.1 Å². The van der Waals surface area contributed by atoms with Gasteiger partial charge in [0.1, 0.15) is 17.2 Å².